The standard InChI is InChI=1S/C11H14N2O3/c12-11(14)16-10-3-1-9(2-4-10)13-5-7-15-8-6-13/h1-4H,5-8H2,(H2,12,14). The molecule has 0 spiro atoms. The lowest BCUT2D eigenvalue weighted by Crippen LogP contribution is -2.36. The fourth-order valence-corrected chi connectivity index (χ4v) is 1.66. The van der Waals surface area contributed by atoms with Crippen molar-refractivity contribution in [1.82, 2.24) is 0 Å². The van der Waals surface area contributed by atoms with Crippen molar-refractivity contribution in [3.8, 4) is 5.75 Å². The SMILES string of the molecule is NC(=O)Oc1ccc(N2CCOCC2)cc1. The molecule has 1 fully saturated rings. The molecule has 1 aromatic carbocycles. The Morgan fingerprint density at radius 3 is 2.44 bits per heavy atom. The molecule has 0 unspecified atom stereocenters. The summed E-state index contributed by atoms with van der Waals surface area (Å²) < 4.78 is 10.0. The van der Waals surface area contributed by atoms with Gasteiger partial charge < -0.3 is 20.1 Å². The number of primary amides is 1. The normalized spacial score (nSPS) is 15.9. The minimum absolute atomic E-state index is 0.463. The van der Waals surface area contributed by atoms with E-state index in [0.717, 1.165) is 32.0 Å². The van der Waals surface area contributed by atoms with Crippen LogP contribution in [0.15, 0.2) is 24.3 Å². The fourth-order valence-electron chi connectivity index (χ4n) is 1.66. The first-order chi connectivity index (χ1) is 7.75. The van der Waals surface area contributed by atoms with Crippen LogP contribution >= 0.6 is 0 Å². The van der Waals surface area contributed by atoms with Crippen molar-refractivity contribution in [2.45, 2.75) is 0 Å². The number of benzene rings is 1. The second-order valence-corrected chi connectivity index (χ2v) is 3.51. The number of nitrogens with two attached hydrogens (primary N) is 1. The fraction of sp³-hybridized carbons (Fsp3) is 0.364. The molecule has 0 aromatic heterocycles. The quantitative estimate of drug-likeness (QED) is 0.810. The highest BCUT2D eigenvalue weighted by Gasteiger charge is 2.10. The average molecular weight is 222 g/mol. The molecule has 86 valence electrons. The van der Waals surface area contributed by atoms with Crippen LogP contribution < -0.4 is 15.4 Å². The summed E-state index contributed by atoms with van der Waals surface area (Å²) >= 11 is 0. The summed E-state index contributed by atoms with van der Waals surface area (Å²) in [7, 11) is 0. The Morgan fingerprint density at radius 1 is 1.25 bits per heavy atom. The van der Waals surface area contributed by atoms with Crippen molar-refractivity contribution >= 4 is 11.8 Å². The lowest BCUT2D eigenvalue weighted by atomic mass is 10.2. The van der Waals surface area contributed by atoms with E-state index in [0.29, 0.717) is 5.75 Å². The Balaban J connectivity index is 2.03. The van der Waals surface area contributed by atoms with Crippen molar-refractivity contribution in [3.05, 3.63) is 24.3 Å². The number of anilines is 1. The second kappa shape index (κ2) is 4.85. The van der Waals surface area contributed by atoms with Gasteiger partial charge in [0, 0.05) is 18.8 Å². The highest BCUT2D eigenvalue weighted by atomic mass is 16.5. The Kier molecular flexibility index (Phi) is 3.26. The van der Waals surface area contributed by atoms with E-state index in [9.17, 15) is 4.79 Å². The summed E-state index contributed by atoms with van der Waals surface area (Å²) in [5.41, 5.74) is 6.01. The highest BCUT2D eigenvalue weighted by Crippen LogP contribution is 2.20. The zero-order chi connectivity index (χ0) is 11.4. The molecule has 5 heteroatoms. The van der Waals surface area contributed by atoms with Crippen LogP contribution in [0.2, 0.25) is 0 Å². The molecule has 1 saturated heterocycles. The third kappa shape index (κ3) is 2.64. The van der Waals surface area contributed by atoms with E-state index in [4.69, 9.17) is 15.2 Å². The first kappa shape index (κ1) is 10.8. The summed E-state index contributed by atoms with van der Waals surface area (Å²) in [5.74, 6) is 0.463. The first-order valence-corrected chi connectivity index (χ1v) is 5.16. The van der Waals surface area contributed by atoms with Gasteiger partial charge in [-0.15, -0.1) is 0 Å². The van der Waals surface area contributed by atoms with Gasteiger partial charge in [-0.2, -0.15) is 0 Å². The van der Waals surface area contributed by atoms with Gasteiger partial charge >= 0.3 is 6.09 Å². The topological polar surface area (TPSA) is 64.8 Å². The molecule has 5 nitrogen and oxygen atoms in total. The van der Waals surface area contributed by atoms with Crippen LogP contribution in [-0.4, -0.2) is 32.4 Å². The van der Waals surface area contributed by atoms with Gasteiger partial charge in [-0.3, -0.25) is 0 Å². The number of ether oxygens (including phenoxy) is 2. The van der Waals surface area contributed by atoms with E-state index in [-0.39, 0.29) is 0 Å². The summed E-state index contributed by atoms with van der Waals surface area (Å²) in [6, 6.07) is 7.28. The van der Waals surface area contributed by atoms with Crippen molar-refractivity contribution in [3.63, 3.8) is 0 Å². The highest BCUT2D eigenvalue weighted by molar-refractivity contribution is 5.68. The average Bonchev–Trinajstić information content (AvgIpc) is 2.30. The largest absolute Gasteiger partial charge is 0.411 e. The van der Waals surface area contributed by atoms with Crippen LogP contribution in [0.4, 0.5) is 10.5 Å². The van der Waals surface area contributed by atoms with Gasteiger partial charge in [0.2, 0.25) is 0 Å². The molecular formula is C11H14N2O3. The van der Waals surface area contributed by atoms with Crippen molar-refractivity contribution in [2.75, 3.05) is 31.2 Å². The maximum absolute atomic E-state index is 10.5. The van der Waals surface area contributed by atoms with E-state index in [1.807, 2.05) is 12.1 Å². The smallest absolute Gasteiger partial charge is 0.409 e. The van der Waals surface area contributed by atoms with E-state index in [1.165, 1.54) is 0 Å². The molecule has 1 amide bonds. The van der Waals surface area contributed by atoms with Gasteiger partial charge in [0.1, 0.15) is 5.75 Å². The lowest BCUT2D eigenvalue weighted by Gasteiger charge is -2.28. The Morgan fingerprint density at radius 2 is 1.88 bits per heavy atom. The molecule has 2 rings (SSSR count). The lowest BCUT2D eigenvalue weighted by molar-refractivity contribution is 0.122. The molecule has 2 N–H and O–H groups in total. The number of rotatable bonds is 2. The summed E-state index contributed by atoms with van der Waals surface area (Å²) in [6.07, 6.45) is -0.792. The second-order valence-electron chi connectivity index (χ2n) is 3.51. The molecule has 1 aromatic rings. The molecule has 0 saturated carbocycles. The van der Waals surface area contributed by atoms with Gasteiger partial charge in [0.15, 0.2) is 0 Å². The van der Waals surface area contributed by atoms with Gasteiger partial charge in [0.25, 0.3) is 0 Å². The molecule has 1 heterocycles. The number of hydrogen-bond acceptors (Lipinski definition) is 4. The Bertz CT molecular complexity index is 358. The predicted molar refractivity (Wildman–Crippen MR) is 59.7 cm³/mol. The van der Waals surface area contributed by atoms with Gasteiger partial charge in [-0.25, -0.2) is 4.79 Å². The molecule has 0 atom stereocenters. The molecular weight excluding hydrogens is 208 g/mol. The van der Waals surface area contributed by atoms with Crippen molar-refractivity contribution < 1.29 is 14.3 Å². The number of amides is 1. The molecule has 0 aliphatic carbocycles. The van der Waals surface area contributed by atoms with E-state index in [2.05, 4.69) is 4.90 Å². The summed E-state index contributed by atoms with van der Waals surface area (Å²) in [4.78, 5) is 12.7. The first-order valence-electron chi connectivity index (χ1n) is 5.16. The van der Waals surface area contributed by atoms with Gasteiger partial charge in [-0.05, 0) is 24.3 Å². The van der Waals surface area contributed by atoms with Crippen LogP contribution in [0.5, 0.6) is 5.75 Å². The zero-order valence-corrected chi connectivity index (χ0v) is 8.89. The molecule has 0 radical (unpaired) electrons. The summed E-state index contributed by atoms with van der Waals surface area (Å²) in [6.45, 7) is 3.27. The predicted octanol–water partition coefficient (Wildman–Crippen LogP) is 0.981. The van der Waals surface area contributed by atoms with Gasteiger partial charge in [0.05, 0.1) is 13.2 Å². The van der Waals surface area contributed by atoms with Crippen LogP contribution in [0.3, 0.4) is 0 Å². The summed E-state index contributed by atoms with van der Waals surface area (Å²) in [5, 5.41) is 0. The van der Waals surface area contributed by atoms with Crippen LogP contribution in [0.25, 0.3) is 0 Å². The number of hydrogen-bond donors (Lipinski definition) is 1. The maximum Gasteiger partial charge on any atom is 0.409 e. The Hall–Kier alpha value is -1.75. The number of morpholine rings is 1. The molecule has 16 heavy (non-hydrogen) atoms. The number of carbonyl (C=O) groups is 1. The van der Waals surface area contributed by atoms with E-state index < -0.39 is 6.09 Å². The third-order valence-electron chi connectivity index (χ3n) is 2.43. The van der Waals surface area contributed by atoms with Crippen LogP contribution in [0.1, 0.15) is 0 Å². The maximum atomic E-state index is 10.5. The molecule has 0 bridgehead atoms. The Labute approximate surface area is 93.7 Å². The van der Waals surface area contributed by atoms with E-state index >= 15 is 0 Å². The minimum atomic E-state index is -0.792. The zero-order valence-electron chi connectivity index (χ0n) is 8.89. The third-order valence-corrected chi connectivity index (χ3v) is 2.43. The van der Waals surface area contributed by atoms with Crippen molar-refractivity contribution in [1.29, 1.82) is 0 Å². The van der Waals surface area contributed by atoms with E-state index in [1.54, 1.807) is 12.1 Å². The monoisotopic (exact) mass is 222 g/mol. The molecule has 1 aliphatic heterocycles. The van der Waals surface area contributed by atoms with Crippen LogP contribution in [-0.2, 0) is 4.74 Å². The minimum Gasteiger partial charge on any atom is -0.411 e. The van der Waals surface area contributed by atoms with Crippen molar-refractivity contribution in [2.24, 2.45) is 5.73 Å². The number of nitrogens with zero attached hydrogens (tertiary/aromatic N) is 1. The number of carbonyl (C=O) groups excluding carboxylic acids is 1. The molecule has 1 aliphatic rings. The van der Waals surface area contributed by atoms with Crippen LogP contribution in [0, 0.1) is 0 Å². The van der Waals surface area contributed by atoms with Gasteiger partial charge in [-0.1, -0.05) is 0 Å².